The second-order valence-corrected chi connectivity index (χ2v) is 7.69. The Kier molecular flexibility index (Phi) is 5.26. The molecule has 3 aromatic rings. The van der Waals surface area contributed by atoms with Crippen LogP contribution in [0.1, 0.15) is 30.2 Å². The van der Waals surface area contributed by atoms with Crippen molar-refractivity contribution >= 4 is 34.1 Å². The molecular weight excluding hydrogens is 396 g/mol. The first-order valence-electron chi connectivity index (χ1n) is 9.07. The van der Waals surface area contributed by atoms with Crippen LogP contribution in [0, 0.1) is 0 Å². The molecule has 9 nitrogen and oxygen atoms in total. The molecule has 1 aliphatic rings. The summed E-state index contributed by atoms with van der Waals surface area (Å²) >= 11 is 1.53. The first kappa shape index (κ1) is 19.1. The molecule has 3 aromatic heterocycles. The number of hydrogen-bond donors (Lipinski definition) is 1. The van der Waals surface area contributed by atoms with Gasteiger partial charge in [0, 0.05) is 50.2 Å². The number of likely N-dealkylation sites (tertiary alicyclic amines) is 1. The van der Waals surface area contributed by atoms with Crippen molar-refractivity contribution in [2.75, 3.05) is 13.1 Å². The second-order valence-electron chi connectivity index (χ2n) is 6.65. The zero-order chi connectivity index (χ0) is 20.4. The van der Waals surface area contributed by atoms with E-state index in [4.69, 9.17) is 9.25 Å². The number of nitrogens with one attached hydrogen (secondary N) is 1. The van der Waals surface area contributed by atoms with Gasteiger partial charge in [-0.25, -0.2) is 4.79 Å². The van der Waals surface area contributed by atoms with Gasteiger partial charge in [-0.3, -0.25) is 14.6 Å². The maximum absolute atomic E-state index is 12.6. The van der Waals surface area contributed by atoms with Crippen LogP contribution in [0.15, 0.2) is 42.7 Å². The number of oxime groups is 1. The van der Waals surface area contributed by atoms with Gasteiger partial charge >= 0.3 is 11.6 Å². The Morgan fingerprint density at radius 1 is 1.38 bits per heavy atom. The summed E-state index contributed by atoms with van der Waals surface area (Å²) < 4.78 is 5.12. The van der Waals surface area contributed by atoms with Crippen molar-refractivity contribution in [2.24, 2.45) is 5.16 Å². The number of aromatic amines is 1. The average Bonchev–Trinajstić information content (AvgIpc) is 3.19. The first-order valence-corrected chi connectivity index (χ1v) is 9.95. The lowest BCUT2D eigenvalue weighted by atomic mass is 10.1. The van der Waals surface area contributed by atoms with Gasteiger partial charge in [-0.15, -0.1) is 11.3 Å². The van der Waals surface area contributed by atoms with Crippen molar-refractivity contribution in [3.8, 4) is 6.01 Å². The molecule has 0 radical (unpaired) electrons. The largest absolute Gasteiger partial charge is 0.403 e. The number of nitrogens with zero attached hydrogens (tertiary/aromatic N) is 3. The molecule has 150 valence electrons. The molecule has 1 fully saturated rings. The summed E-state index contributed by atoms with van der Waals surface area (Å²) in [5.74, 6) is 0.0267. The van der Waals surface area contributed by atoms with Crippen LogP contribution in [0.4, 0.5) is 0 Å². The highest BCUT2D eigenvalue weighted by atomic mass is 32.1. The Balaban J connectivity index is 1.59. The molecule has 4 heterocycles. The number of thiophene rings is 1. The number of rotatable bonds is 4. The molecule has 29 heavy (non-hydrogen) atoms. The number of amides is 1. The zero-order valence-electron chi connectivity index (χ0n) is 15.6. The lowest BCUT2D eigenvalue weighted by Crippen LogP contribution is -2.37. The molecule has 1 saturated heterocycles. The van der Waals surface area contributed by atoms with Crippen molar-refractivity contribution in [2.45, 2.75) is 26.2 Å². The molecule has 0 atom stereocenters. The van der Waals surface area contributed by atoms with Crippen molar-refractivity contribution in [3.05, 3.63) is 54.8 Å². The predicted molar refractivity (Wildman–Crippen MR) is 108 cm³/mol. The highest BCUT2D eigenvalue weighted by molar-refractivity contribution is 7.09. The smallest absolute Gasteiger partial charge is 0.337 e. The highest BCUT2D eigenvalue weighted by Crippen LogP contribution is 2.19. The van der Waals surface area contributed by atoms with Crippen LogP contribution in [-0.4, -0.2) is 39.6 Å². The number of carbonyl (C=O) groups excluding carboxylic acids is 1. The molecule has 0 saturated carbocycles. The van der Waals surface area contributed by atoms with E-state index in [1.54, 1.807) is 4.90 Å². The summed E-state index contributed by atoms with van der Waals surface area (Å²) in [4.78, 5) is 50.6. The molecule has 0 spiro atoms. The van der Waals surface area contributed by atoms with Crippen molar-refractivity contribution in [1.29, 1.82) is 0 Å². The molecule has 1 amide bonds. The molecule has 4 rings (SSSR count). The minimum atomic E-state index is -0.587. The highest BCUT2D eigenvalue weighted by Gasteiger charge is 2.18. The quantitative estimate of drug-likeness (QED) is 0.652. The van der Waals surface area contributed by atoms with Crippen LogP contribution in [-0.2, 0) is 11.2 Å². The number of carbonyl (C=O) groups is 1. The van der Waals surface area contributed by atoms with E-state index in [0.717, 1.165) is 10.6 Å². The van der Waals surface area contributed by atoms with Crippen LogP contribution in [0.3, 0.4) is 0 Å². The van der Waals surface area contributed by atoms with Gasteiger partial charge in [0.25, 0.3) is 5.56 Å². The topological polar surface area (TPSA) is 118 Å². The molecular formula is C19H18N4O5S. The van der Waals surface area contributed by atoms with E-state index in [2.05, 4.69) is 15.1 Å². The van der Waals surface area contributed by atoms with Crippen molar-refractivity contribution in [3.63, 3.8) is 0 Å². The van der Waals surface area contributed by atoms with E-state index >= 15 is 0 Å². The third kappa shape index (κ3) is 4.27. The number of H-pyrrole nitrogens is 1. The Bertz CT molecular complexity index is 1190. The van der Waals surface area contributed by atoms with Gasteiger partial charge in [0.05, 0.1) is 5.71 Å². The molecule has 0 unspecified atom stereocenters. The van der Waals surface area contributed by atoms with Gasteiger partial charge < -0.3 is 14.2 Å². The van der Waals surface area contributed by atoms with Crippen molar-refractivity contribution < 1.29 is 14.0 Å². The summed E-state index contributed by atoms with van der Waals surface area (Å²) in [6, 6.07) is 4.99. The monoisotopic (exact) mass is 414 g/mol. The number of fused-ring (bicyclic) bond motifs is 1. The fourth-order valence-corrected chi connectivity index (χ4v) is 3.92. The van der Waals surface area contributed by atoms with Crippen LogP contribution in [0.5, 0.6) is 6.01 Å². The molecule has 10 heteroatoms. The van der Waals surface area contributed by atoms with E-state index in [1.165, 1.54) is 24.3 Å². The van der Waals surface area contributed by atoms with Crippen LogP contribution in [0.25, 0.3) is 11.1 Å². The maximum Gasteiger partial charge on any atom is 0.337 e. The van der Waals surface area contributed by atoms with Crippen LogP contribution >= 0.6 is 11.3 Å². The van der Waals surface area contributed by atoms with Gasteiger partial charge in [0.1, 0.15) is 5.39 Å². The standard InChI is InChI=1S/C19H18N4O5S/c1-11(24)23-6-4-13(5-7-23)22-28-19-20-17(26)16-12(9-14-3-2-8-29-14)10-15(25)27-18(16)21-19/h2-3,8,10H,4-7,9H2,1H3,(H,20,21,26). The Hall–Kier alpha value is -3.27. The Labute approximate surface area is 168 Å². The van der Waals surface area contributed by atoms with Crippen molar-refractivity contribution in [1.82, 2.24) is 14.9 Å². The van der Waals surface area contributed by atoms with Crippen LogP contribution < -0.4 is 16.0 Å². The second kappa shape index (κ2) is 8.00. The summed E-state index contributed by atoms with van der Waals surface area (Å²) in [6.07, 6.45) is 1.59. The Morgan fingerprint density at radius 3 is 2.86 bits per heavy atom. The first-order chi connectivity index (χ1) is 14.0. The molecule has 0 aromatic carbocycles. The summed E-state index contributed by atoms with van der Waals surface area (Å²) in [5, 5.41) is 6.17. The van der Waals surface area contributed by atoms with Gasteiger partial charge in [-0.1, -0.05) is 11.2 Å². The lowest BCUT2D eigenvalue weighted by Gasteiger charge is -2.25. The minimum Gasteiger partial charge on any atom is -0.403 e. The zero-order valence-corrected chi connectivity index (χ0v) is 16.5. The van der Waals surface area contributed by atoms with Gasteiger partial charge in [-0.05, 0) is 17.0 Å². The minimum absolute atomic E-state index is 0.0267. The number of piperidine rings is 1. The molecule has 0 bridgehead atoms. The van der Waals surface area contributed by atoms with E-state index in [9.17, 15) is 14.4 Å². The lowest BCUT2D eigenvalue weighted by molar-refractivity contribution is -0.128. The van der Waals surface area contributed by atoms with Gasteiger partial charge in [0.2, 0.25) is 11.6 Å². The Morgan fingerprint density at radius 2 is 2.17 bits per heavy atom. The average molecular weight is 414 g/mol. The SMILES string of the molecule is CC(=O)N1CCC(=NOc2nc3oc(=O)cc(Cc4cccs4)c3c(=O)[nH]2)CC1. The normalized spacial score (nSPS) is 14.2. The predicted octanol–water partition coefficient (Wildman–Crippen LogP) is 1.91. The fourth-order valence-electron chi connectivity index (χ4n) is 3.19. The van der Waals surface area contributed by atoms with Gasteiger partial charge in [-0.2, -0.15) is 4.98 Å². The van der Waals surface area contributed by atoms with E-state index < -0.39 is 11.2 Å². The van der Waals surface area contributed by atoms with E-state index in [1.807, 2.05) is 17.5 Å². The third-order valence-corrected chi connectivity index (χ3v) is 5.54. The number of hydrogen-bond acceptors (Lipinski definition) is 8. The fraction of sp³-hybridized carbons (Fsp3) is 0.316. The maximum atomic E-state index is 12.6. The molecule has 1 N–H and O–H groups in total. The third-order valence-electron chi connectivity index (χ3n) is 4.67. The van der Waals surface area contributed by atoms with E-state index in [-0.39, 0.29) is 23.0 Å². The van der Waals surface area contributed by atoms with Crippen LogP contribution in [0.2, 0.25) is 0 Å². The summed E-state index contributed by atoms with van der Waals surface area (Å²) in [5.41, 5.74) is 0.164. The summed E-state index contributed by atoms with van der Waals surface area (Å²) in [6.45, 7) is 2.67. The van der Waals surface area contributed by atoms with Gasteiger partial charge in [0.15, 0.2) is 0 Å². The molecule has 0 aliphatic carbocycles. The van der Waals surface area contributed by atoms with E-state index in [0.29, 0.717) is 37.9 Å². The number of aromatic nitrogens is 2. The summed E-state index contributed by atoms with van der Waals surface area (Å²) in [7, 11) is 0. The molecule has 1 aliphatic heterocycles.